The second-order valence-corrected chi connectivity index (χ2v) is 7.05. The summed E-state index contributed by atoms with van der Waals surface area (Å²) in [4.78, 5) is 38.4. The summed E-state index contributed by atoms with van der Waals surface area (Å²) in [5.74, 6) is 0.203. The van der Waals surface area contributed by atoms with Crippen molar-refractivity contribution in [2.24, 2.45) is 0 Å². The Bertz CT molecular complexity index is 1310. The molecule has 0 aliphatic heterocycles. The zero-order chi connectivity index (χ0) is 21.1. The van der Waals surface area contributed by atoms with Gasteiger partial charge in [0.25, 0.3) is 5.56 Å². The molecule has 4 rings (SSSR count). The second kappa shape index (κ2) is 8.16. The van der Waals surface area contributed by atoms with Crippen LogP contribution in [0, 0.1) is 0 Å². The minimum atomic E-state index is -0.543. The molecule has 7 heteroatoms. The lowest BCUT2D eigenvalue weighted by Gasteiger charge is -2.16. The van der Waals surface area contributed by atoms with Crippen LogP contribution in [0.25, 0.3) is 17.1 Å². The highest BCUT2D eigenvalue weighted by molar-refractivity contribution is 5.73. The zero-order valence-corrected chi connectivity index (χ0v) is 16.6. The Balaban J connectivity index is 1.72. The van der Waals surface area contributed by atoms with Crippen molar-refractivity contribution in [1.82, 2.24) is 19.5 Å². The quantitative estimate of drug-likeness (QED) is 0.539. The van der Waals surface area contributed by atoms with E-state index in [1.54, 1.807) is 22.6 Å². The Labute approximate surface area is 173 Å². The van der Waals surface area contributed by atoms with Crippen molar-refractivity contribution in [3.8, 4) is 0 Å². The summed E-state index contributed by atoms with van der Waals surface area (Å²) in [6, 6.07) is 17.6. The molecule has 4 aromatic rings. The van der Waals surface area contributed by atoms with E-state index in [1.165, 1.54) is 6.33 Å². The van der Waals surface area contributed by atoms with E-state index in [-0.39, 0.29) is 17.0 Å². The topological polar surface area (TPSA) is 83.9 Å². The van der Waals surface area contributed by atoms with Crippen molar-refractivity contribution < 1.29 is 0 Å². The van der Waals surface area contributed by atoms with E-state index in [4.69, 9.17) is 0 Å². The van der Waals surface area contributed by atoms with Gasteiger partial charge in [-0.1, -0.05) is 67.3 Å². The summed E-state index contributed by atoms with van der Waals surface area (Å²) in [5, 5.41) is 0. The van der Waals surface area contributed by atoms with Gasteiger partial charge in [0.05, 0.1) is 6.33 Å². The first-order valence-corrected chi connectivity index (χ1v) is 9.51. The summed E-state index contributed by atoms with van der Waals surface area (Å²) in [6.45, 7) is 4.66. The lowest BCUT2D eigenvalue weighted by atomic mass is 10.1. The molecule has 0 amide bonds. The van der Waals surface area contributed by atoms with Crippen LogP contribution in [0.3, 0.4) is 0 Å². The predicted molar refractivity (Wildman–Crippen MR) is 119 cm³/mol. The molecule has 0 spiro atoms. The number of nitrogens with one attached hydrogen (secondary N) is 1. The molecule has 0 saturated carbocycles. The number of aromatic amines is 1. The molecule has 0 atom stereocenters. The third-order valence-electron chi connectivity index (χ3n) is 4.88. The Hall–Kier alpha value is -4.00. The zero-order valence-electron chi connectivity index (χ0n) is 16.6. The first kappa shape index (κ1) is 19.3. The van der Waals surface area contributed by atoms with Crippen molar-refractivity contribution in [3.63, 3.8) is 0 Å². The first-order valence-electron chi connectivity index (χ1n) is 9.51. The SMILES string of the molecule is C=Cc1ccc(Cn2cnc3c(=O)nc(N(C)Cc4ccccc4)[nH]c(=O)c32)cc1. The number of rotatable bonds is 6. The maximum Gasteiger partial charge on any atom is 0.301 e. The highest BCUT2D eigenvalue weighted by Gasteiger charge is 2.14. The van der Waals surface area contributed by atoms with E-state index >= 15 is 0 Å². The van der Waals surface area contributed by atoms with Crippen LogP contribution in [-0.4, -0.2) is 26.6 Å². The molecule has 7 nitrogen and oxygen atoms in total. The summed E-state index contributed by atoms with van der Waals surface area (Å²) in [7, 11) is 1.78. The van der Waals surface area contributed by atoms with Crippen molar-refractivity contribution >= 4 is 23.1 Å². The number of hydrogen-bond acceptors (Lipinski definition) is 5. The average molecular weight is 399 g/mol. The number of aromatic nitrogens is 4. The molecular formula is C23H21N5O2. The van der Waals surface area contributed by atoms with Crippen LogP contribution < -0.4 is 16.0 Å². The van der Waals surface area contributed by atoms with Gasteiger partial charge in [-0.15, -0.1) is 0 Å². The van der Waals surface area contributed by atoms with Crippen molar-refractivity contribution in [2.75, 3.05) is 11.9 Å². The fourth-order valence-electron chi connectivity index (χ4n) is 3.30. The predicted octanol–water partition coefficient (Wildman–Crippen LogP) is 2.81. The van der Waals surface area contributed by atoms with Gasteiger partial charge in [0.2, 0.25) is 5.95 Å². The normalized spacial score (nSPS) is 10.8. The van der Waals surface area contributed by atoms with E-state index in [0.717, 1.165) is 16.7 Å². The monoisotopic (exact) mass is 399 g/mol. The van der Waals surface area contributed by atoms with Crippen molar-refractivity contribution in [1.29, 1.82) is 0 Å². The molecule has 0 bridgehead atoms. The van der Waals surface area contributed by atoms with E-state index in [2.05, 4.69) is 21.5 Å². The van der Waals surface area contributed by atoms with Gasteiger partial charge in [0.15, 0.2) is 5.52 Å². The van der Waals surface area contributed by atoms with Crippen LogP contribution >= 0.6 is 0 Å². The summed E-state index contributed by atoms with van der Waals surface area (Å²) in [6.07, 6.45) is 3.27. The molecule has 2 aromatic carbocycles. The van der Waals surface area contributed by atoms with E-state index in [1.807, 2.05) is 54.6 Å². The van der Waals surface area contributed by atoms with E-state index < -0.39 is 11.1 Å². The van der Waals surface area contributed by atoms with Crippen LogP contribution in [0.15, 0.2) is 77.1 Å². The van der Waals surface area contributed by atoms with Gasteiger partial charge in [0.1, 0.15) is 5.52 Å². The summed E-state index contributed by atoms with van der Waals surface area (Å²) in [5.41, 5.74) is 2.34. The molecule has 2 heterocycles. The number of hydrogen-bond donors (Lipinski definition) is 1. The lowest BCUT2D eigenvalue weighted by Crippen LogP contribution is -2.22. The first-order chi connectivity index (χ1) is 14.5. The lowest BCUT2D eigenvalue weighted by molar-refractivity contribution is 0.817. The van der Waals surface area contributed by atoms with Crippen molar-refractivity contribution in [3.05, 3.63) is 105 Å². The number of benzene rings is 2. The Morgan fingerprint density at radius 3 is 2.50 bits per heavy atom. The van der Waals surface area contributed by atoms with Crippen LogP contribution in [0.2, 0.25) is 0 Å². The number of fused-ring (bicyclic) bond motifs is 1. The number of H-pyrrole nitrogens is 1. The van der Waals surface area contributed by atoms with Crippen LogP contribution in [-0.2, 0) is 13.1 Å². The largest absolute Gasteiger partial charge is 0.341 e. The second-order valence-electron chi connectivity index (χ2n) is 7.05. The van der Waals surface area contributed by atoms with Gasteiger partial charge in [-0.05, 0) is 16.7 Å². The van der Waals surface area contributed by atoms with Gasteiger partial charge in [-0.2, -0.15) is 4.98 Å². The molecule has 0 aliphatic rings. The molecule has 0 radical (unpaired) electrons. The minimum absolute atomic E-state index is 0.0540. The highest BCUT2D eigenvalue weighted by Crippen LogP contribution is 2.12. The fraction of sp³-hybridized carbons (Fsp3) is 0.130. The van der Waals surface area contributed by atoms with Gasteiger partial charge in [0, 0.05) is 20.1 Å². The Morgan fingerprint density at radius 1 is 1.07 bits per heavy atom. The maximum absolute atomic E-state index is 12.9. The van der Waals surface area contributed by atoms with Gasteiger partial charge < -0.3 is 9.47 Å². The number of imidazole rings is 1. The van der Waals surface area contributed by atoms with Crippen molar-refractivity contribution in [2.45, 2.75) is 13.1 Å². The molecule has 0 unspecified atom stereocenters. The summed E-state index contributed by atoms with van der Waals surface area (Å²) >= 11 is 0. The minimum Gasteiger partial charge on any atom is -0.341 e. The molecule has 0 aliphatic carbocycles. The van der Waals surface area contributed by atoms with Gasteiger partial charge in [-0.3, -0.25) is 14.6 Å². The van der Waals surface area contributed by atoms with Crippen LogP contribution in [0.5, 0.6) is 0 Å². The molecule has 1 N–H and O–H groups in total. The van der Waals surface area contributed by atoms with Gasteiger partial charge >= 0.3 is 5.56 Å². The molecule has 2 aromatic heterocycles. The van der Waals surface area contributed by atoms with Crippen LogP contribution in [0.1, 0.15) is 16.7 Å². The van der Waals surface area contributed by atoms with Crippen LogP contribution in [0.4, 0.5) is 5.95 Å². The van der Waals surface area contributed by atoms with E-state index in [9.17, 15) is 9.59 Å². The molecule has 0 fully saturated rings. The standard InChI is InChI=1S/C23H21N5O2/c1-3-16-9-11-18(12-10-16)14-28-15-24-19-20(28)22(30)26-23(25-21(19)29)27(2)13-17-7-5-4-6-8-17/h3-12,15H,1,13-14H2,2H3,(H,25,26,29,30). The highest BCUT2D eigenvalue weighted by atomic mass is 16.1. The third-order valence-corrected chi connectivity index (χ3v) is 4.88. The number of nitrogens with zero attached hydrogens (tertiary/aromatic N) is 4. The van der Waals surface area contributed by atoms with E-state index in [0.29, 0.717) is 13.1 Å². The smallest absolute Gasteiger partial charge is 0.301 e. The number of anilines is 1. The molecule has 0 saturated heterocycles. The maximum atomic E-state index is 12.9. The Morgan fingerprint density at radius 2 is 1.80 bits per heavy atom. The summed E-state index contributed by atoms with van der Waals surface area (Å²) < 4.78 is 1.67. The molecule has 150 valence electrons. The van der Waals surface area contributed by atoms with Gasteiger partial charge in [-0.25, -0.2) is 4.98 Å². The third kappa shape index (κ3) is 3.91. The Kier molecular flexibility index (Phi) is 5.26. The molecule has 30 heavy (non-hydrogen) atoms. The average Bonchev–Trinajstić information content (AvgIpc) is 3.12. The fourth-order valence-corrected chi connectivity index (χ4v) is 3.30. The molecular weight excluding hydrogens is 378 g/mol.